The van der Waals surface area contributed by atoms with E-state index in [0.29, 0.717) is 15.9 Å². The third-order valence-corrected chi connectivity index (χ3v) is 3.20. The molecule has 0 amide bonds. The van der Waals surface area contributed by atoms with Gasteiger partial charge in [0.05, 0.1) is 4.47 Å². The first-order chi connectivity index (χ1) is 8.95. The zero-order valence-electron chi connectivity index (χ0n) is 10.5. The molecule has 0 saturated heterocycles. The van der Waals surface area contributed by atoms with E-state index in [1.807, 2.05) is 19.1 Å². The fourth-order valence-corrected chi connectivity index (χ4v) is 1.96. The van der Waals surface area contributed by atoms with Gasteiger partial charge in [-0.15, -0.1) is 0 Å². The van der Waals surface area contributed by atoms with Crippen LogP contribution in [0, 0.1) is 18.6 Å². The monoisotopic (exact) mass is 327 g/mol. The summed E-state index contributed by atoms with van der Waals surface area (Å²) in [5, 5.41) is 0. The van der Waals surface area contributed by atoms with Gasteiger partial charge in [-0.05, 0) is 59.6 Å². The highest BCUT2D eigenvalue weighted by molar-refractivity contribution is 9.10. The molecule has 100 valence electrons. The van der Waals surface area contributed by atoms with Crippen molar-refractivity contribution in [3.63, 3.8) is 0 Å². The maximum Gasteiger partial charge on any atom is 0.228 e. The highest BCUT2D eigenvalue weighted by atomic mass is 79.9. The summed E-state index contributed by atoms with van der Waals surface area (Å²) < 4.78 is 32.6. The van der Waals surface area contributed by atoms with Crippen LogP contribution < -0.4 is 4.74 Å². The molecule has 1 aromatic carbocycles. The van der Waals surface area contributed by atoms with Crippen molar-refractivity contribution in [2.45, 2.75) is 20.0 Å². The van der Waals surface area contributed by atoms with Crippen LogP contribution in [0.15, 0.2) is 34.8 Å². The Bertz CT molecular complexity index is 584. The molecule has 1 aromatic heterocycles. The molecule has 1 heterocycles. The lowest BCUT2D eigenvalue weighted by Gasteiger charge is -2.15. The molecule has 0 aliphatic heterocycles. The minimum Gasteiger partial charge on any atom is -0.469 e. The Balaban J connectivity index is 2.25. The molecule has 2 rings (SSSR count). The Hall–Kier alpha value is -1.49. The van der Waals surface area contributed by atoms with Crippen LogP contribution in [0.1, 0.15) is 24.3 Å². The lowest BCUT2D eigenvalue weighted by Crippen LogP contribution is -2.06. The highest BCUT2D eigenvalue weighted by Gasteiger charge is 2.13. The molecule has 0 saturated carbocycles. The summed E-state index contributed by atoms with van der Waals surface area (Å²) in [5.74, 6) is -0.847. The second-order valence-electron chi connectivity index (χ2n) is 4.20. The first-order valence-corrected chi connectivity index (χ1v) is 6.51. The number of hydrogen-bond acceptors (Lipinski definition) is 2. The van der Waals surface area contributed by atoms with E-state index < -0.39 is 17.7 Å². The molecular weight excluding hydrogens is 316 g/mol. The van der Waals surface area contributed by atoms with Crippen molar-refractivity contribution in [1.29, 1.82) is 0 Å². The maximum atomic E-state index is 13.2. The van der Waals surface area contributed by atoms with E-state index >= 15 is 0 Å². The predicted molar refractivity (Wildman–Crippen MR) is 72.1 cm³/mol. The predicted octanol–water partition coefficient (Wildman–Crippen LogP) is 4.57. The minimum atomic E-state index is -0.623. The van der Waals surface area contributed by atoms with Gasteiger partial charge in [0.1, 0.15) is 17.7 Å². The summed E-state index contributed by atoms with van der Waals surface area (Å²) in [4.78, 5) is 4.23. The molecule has 0 aliphatic rings. The van der Waals surface area contributed by atoms with Crippen molar-refractivity contribution in [1.82, 2.24) is 4.98 Å². The van der Waals surface area contributed by atoms with Crippen LogP contribution in [0.25, 0.3) is 0 Å². The first-order valence-electron chi connectivity index (χ1n) is 5.71. The highest BCUT2D eigenvalue weighted by Crippen LogP contribution is 2.28. The van der Waals surface area contributed by atoms with Crippen molar-refractivity contribution in [3.8, 4) is 5.88 Å². The van der Waals surface area contributed by atoms with Crippen LogP contribution in [-0.4, -0.2) is 4.98 Å². The molecule has 5 heteroatoms. The Morgan fingerprint density at radius 2 is 1.79 bits per heavy atom. The second kappa shape index (κ2) is 5.65. The number of halogens is 3. The van der Waals surface area contributed by atoms with Crippen LogP contribution in [0.4, 0.5) is 8.78 Å². The van der Waals surface area contributed by atoms with Crippen LogP contribution in [0.5, 0.6) is 5.88 Å². The molecule has 0 radical (unpaired) electrons. The van der Waals surface area contributed by atoms with Gasteiger partial charge in [0.25, 0.3) is 0 Å². The van der Waals surface area contributed by atoms with E-state index in [4.69, 9.17) is 4.74 Å². The number of aromatic nitrogens is 1. The van der Waals surface area contributed by atoms with Gasteiger partial charge in [0.15, 0.2) is 0 Å². The molecule has 0 aliphatic carbocycles. The molecule has 2 nitrogen and oxygen atoms in total. The van der Waals surface area contributed by atoms with Crippen molar-refractivity contribution >= 4 is 15.9 Å². The van der Waals surface area contributed by atoms with Crippen molar-refractivity contribution in [2.24, 2.45) is 0 Å². The summed E-state index contributed by atoms with van der Waals surface area (Å²) in [6.07, 6.45) is -0.504. The van der Waals surface area contributed by atoms with Crippen molar-refractivity contribution in [2.75, 3.05) is 0 Å². The third kappa shape index (κ3) is 3.50. The van der Waals surface area contributed by atoms with E-state index in [9.17, 15) is 8.78 Å². The normalized spacial score (nSPS) is 12.3. The van der Waals surface area contributed by atoms with E-state index in [1.54, 1.807) is 6.92 Å². The Morgan fingerprint density at radius 3 is 2.42 bits per heavy atom. The number of aryl methyl sites for hydroxylation is 1. The zero-order chi connectivity index (χ0) is 14.0. The molecule has 0 unspecified atom stereocenters. The molecular formula is C14H12BrF2NO. The molecule has 0 fully saturated rings. The number of nitrogens with zero attached hydrogens (tertiary/aromatic N) is 1. The quantitative estimate of drug-likeness (QED) is 0.823. The summed E-state index contributed by atoms with van der Waals surface area (Å²) in [7, 11) is 0. The lowest BCUT2D eigenvalue weighted by atomic mass is 10.1. The largest absolute Gasteiger partial charge is 0.469 e. The zero-order valence-corrected chi connectivity index (χ0v) is 12.0. The van der Waals surface area contributed by atoms with Crippen LogP contribution in [0.2, 0.25) is 0 Å². The number of ether oxygens (including phenoxy) is 1. The number of pyridine rings is 1. The topological polar surface area (TPSA) is 22.1 Å². The Kier molecular flexibility index (Phi) is 4.14. The first kappa shape index (κ1) is 13.9. The van der Waals surface area contributed by atoms with E-state index in [2.05, 4.69) is 20.9 Å². The standard InChI is InChI=1S/C14H12BrF2NO/c1-8-3-4-13(15)14(18-8)19-9(2)10-5-11(16)7-12(17)6-10/h3-7,9H,1-2H3/t9-/m0/s1. The summed E-state index contributed by atoms with van der Waals surface area (Å²) in [5.41, 5.74) is 1.23. The fourth-order valence-electron chi connectivity index (χ4n) is 1.64. The third-order valence-electron chi connectivity index (χ3n) is 2.60. The summed E-state index contributed by atoms with van der Waals surface area (Å²) in [6, 6.07) is 6.98. The van der Waals surface area contributed by atoms with E-state index in [0.717, 1.165) is 11.8 Å². The molecule has 0 N–H and O–H groups in total. The summed E-state index contributed by atoms with van der Waals surface area (Å²) >= 11 is 3.32. The number of rotatable bonds is 3. The van der Waals surface area contributed by atoms with E-state index in [1.165, 1.54) is 12.1 Å². The van der Waals surface area contributed by atoms with Gasteiger partial charge in [0, 0.05) is 11.8 Å². The molecule has 0 bridgehead atoms. The molecule has 2 aromatic rings. The van der Waals surface area contributed by atoms with Crippen molar-refractivity contribution in [3.05, 3.63) is 57.7 Å². The molecule has 0 spiro atoms. The average molecular weight is 328 g/mol. The van der Waals surface area contributed by atoms with Crippen LogP contribution in [-0.2, 0) is 0 Å². The van der Waals surface area contributed by atoms with E-state index in [-0.39, 0.29) is 0 Å². The number of benzene rings is 1. The van der Waals surface area contributed by atoms with Gasteiger partial charge in [-0.3, -0.25) is 0 Å². The summed E-state index contributed by atoms with van der Waals surface area (Å²) in [6.45, 7) is 3.55. The minimum absolute atomic E-state index is 0.400. The smallest absolute Gasteiger partial charge is 0.228 e. The van der Waals surface area contributed by atoms with Gasteiger partial charge in [-0.1, -0.05) is 0 Å². The van der Waals surface area contributed by atoms with Crippen molar-refractivity contribution < 1.29 is 13.5 Å². The molecule has 19 heavy (non-hydrogen) atoms. The maximum absolute atomic E-state index is 13.2. The fraction of sp³-hybridized carbons (Fsp3) is 0.214. The van der Waals surface area contributed by atoms with Crippen LogP contribution in [0.3, 0.4) is 0 Å². The van der Waals surface area contributed by atoms with Gasteiger partial charge in [-0.25, -0.2) is 13.8 Å². The number of hydrogen-bond donors (Lipinski definition) is 0. The van der Waals surface area contributed by atoms with Gasteiger partial charge in [-0.2, -0.15) is 0 Å². The van der Waals surface area contributed by atoms with Crippen LogP contribution >= 0.6 is 15.9 Å². The SMILES string of the molecule is Cc1ccc(Br)c(O[C@@H](C)c2cc(F)cc(F)c2)n1. The van der Waals surface area contributed by atoms with Gasteiger partial charge in [0.2, 0.25) is 5.88 Å². The van der Waals surface area contributed by atoms with Gasteiger partial charge >= 0.3 is 0 Å². The Labute approximate surface area is 118 Å². The Morgan fingerprint density at radius 1 is 1.16 bits per heavy atom. The van der Waals surface area contributed by atoms with Gasteiger partial charge < -0.3 is 4.74 Å². The second-order valence-corrected chi connectivity index (χ2v) is 5.06. The lowest BCUT2D eigenvalue weighted by molar-refractivity contribution is 0.214. The average Bonchev–Trinajstić information content (AvgIpc) is 2.32. The molecule has 1 atom stereocenters.